The van der Waals surface area contributed by atoms with Gasteiger partial charge in [-0.25, -0.2) is 0 Å². The molecule has 3 N–H and O–H groups in total. The summed E-state index contributed by atoms with van der Waals surface area (Å²) in [6, 6.07) is 8.79. The molecule has 1 aliphatic rings. The van der Waals surface area contributed by atoms with Crippen molar-refractivity contribution in [3.63, 3.8) is 0 Å². The van der Waals surface area contributed by atoms with E-state index in [0.29, 0.717) is 12.6 Å². The van der Waals surface area contributed by atoms with Gasteiger partial charge in [-0.3, -0.25) is 9.69 Å². The van der Waals surface area contributed by atoms with E-state index >= 15 is 0 Å². The van der Waals surface area contributed by atoms with E-state index in [9.17, 15) is 4.79 Å². The van der Waals surface area contributed by atoms with E-state index < -0.39 is 6.04 Å². The maximum Gasteiger partial charge on any atom is 0.237 e. The van der Waals surface area contributed by atoms with Gasteiger partial charge >= 0.3 is 0 Å². The van der Waals surface area contributed by atoms with E-state index in [4.69, 9.17) is 5.73 Å². The van der Waals surface area contributed by atoms with Gasteiger partial charge in [-0.05, 0) is 43.4 Å². The lowest BCUT2D eigenvalue weighted by Crippen LogP contribution is -2.43. The smallest absolute Gasteiger partial charge is 0.237 e. The molecule has 0 aromatic heterocycles. The van der Waals surface area contributed by atoms with Crippen molar-refractivity contribution in [3.05, 3.63) is 35.4 Å². The summed E-state index contributed by atoms with van der Waals surface area (Å²) in [5, 5.41) is 2.91. The molecule has 2 atom stereocenters. The van der Waals surface area contributed by atoms with Crippen molar-refractivity contribution in [1.82, 2.24) is 10.2 Å². The van der Waals surface area contributed by atoms with Gasteiger partial charge in [0, 0.05) is 19.1 Å². The number of benzene rings is 1. The summed E-state index contributed by atoms with van der Waals surface area (Å²) in [5.41, 5.74) is 8.30. The molecule has 0 bridgehead atoms. The largest absolute Gasteiger partial charge is 0.351 e. The molecule has 0 radical (unpaired) electrons. The van der Waals surface area contributed by atoms with Crippen LogP contribution in [0, 0.1) is 5.92 Å². The summed E-state index contributed by atoms with van der Waals surface area (Å²) in [7, 11) is 0. The Balaban J connectivity index is 1.83. The van der Waals surface area contributed by atoms with Gasteiger partial charge in [0.05, 0.1) is 6.04 Å². The molecule has 128 valence electrons. The highest BCUT2D eigenvalue weighted by atomic mass is 16.2. The van der Waals surface area contributed by atoms with Crippen LogP contribution >= 0.6 is 0 Å². The third-order valence-corrected chi connectivity index (χ3v) is 4.84. The predicted molar refractivity (Wildman–Crippen MR) is 94.8 cm³/mol. The van der Waals surface area contributed by atoms with E-state index in [1.807, 2.05) is 13.8 Å². The molecule has 0 spiro atoms. The Kier molecular flexibility index (Phi) is 6.60. The molecule has 0 aliphatic carbocycles. The van der Waals surface area contributed by atoms with Crippen LogP contribution in [-0.4, -0.2) is 29.4 Å². The number of piperidine rings is 1. The summed E-state index contributed by atoms with van der Waals surface area (Å²) in [6.45, 7) is 9.00. The molecule has 4 nitrogen and oxygen atoms in total. The first-order chi connectivity index (χ1) is 11.0. The Labute approximate surface area is 140 Å². The monoisotopic (exact) mass is 317 g/mol. The van der Waals surface area contributed by atoms with Crippen LogP contribution in [0.3, 0.4) is 0 Å². The summed E-state index contributed by atoms with van der Waals surface area (Å²) >= 11 is 0. The Morgan fingerprint density at radius 2 is 1.91 bits per heavy atom. The van der Waals surface area contributed by atoms with Crippen molar-refractivity contribution in [2.45, 2.75) is 65.2 Å². The fourth-order valence-corrected chi connectivity index (χ4v) is 3.00. The van der Waals surface area contributed by atoms with E-state index in [2.05, 4.69) is 41.4 Å². The highest BCUT2D eigenvalue weighted by Crippen LogP contribution is 2.19. The highest BCUT2D eigenvalue weighted by molar-refractivity contribution is 5.81. The molecule has 1 aromatic carbocycles. The number of likely N-dealkylation sites (tertiary alicyclic amines) is 1. The molecule has 1 saturated heterocycles. The molecule has 1 unspecified atom stereocenters. The zero-order valence-corrected chi connectivity index (χ0v) is 14.7. The predicted octanol–water partition coefficient (Wildman–Crippen LogP) is 2.66. The molecular weight excluding hydrogens is 286 g/mol. The second-order valence-corrected chi connectivity index (χ2v) is 7.12. The number of nitrogens with two attached hydrogens (primary N) is 1. The van der Waals surface area contributed by atoms with Gasteiger partial charge < -0.3 is 11.1 Å². The van der Waals surface area contributed by atoms with Crippen LogP contribution in [0.4, 0.5) is 0 Å². The first-order valence-corrected chi connectivity index (χ1v) is 8.82. The SMILES string of the molecule is CC(C)[C@H](N)C(=O)NCc1ccc(CN2CCCCC2C)cc1. The molecule has 23 heavy (non-hydrogen) atoms. The summed E-state index contributed by atoms with van der Waals surface area (Å²) in [5.74, 6) is 0.0788. The molecule has 1 fully saturated rings. The van der Waals surface area contributed by atoms with E-state index in [-0.39, 0.29) is 11.8 Å². The van der Waals surface area contributed by atoms with Crippen LogP contribution < -0.4 is 11.1 Å². The van der Waals surface area contributed by atoms with Gasteiger partial charge in [-0.2, -0.15) is 0 Å². The van der Waals surface area contributed by atoms with Crippen molar-refractivity contribution in [1.29, 1.82) is 0 Å². The third kappa shape index (κ3) is 5.33. The van der Waals surface area contributed by atoms with Crippen LogP contribution in [0.5, 0.6) is 0 Å². The minimum absolute atomic E-state index is 0.0776. The standard InChI is InChI=1S/C19H31N3O/c1-14(2)18(20)19(23)21-12-16-7-9-17(10-8-16)13-22-11-5-4-6-15(22)3/h7-10,14-15,18H,4-6,11-13,20H2,1-3H3,(H,21,23)/t15?,18-/m0/s1. The lowest BCUT2D eigenvalue weighted by molar-refractivity contribution is -0.123. The number of hydrogen-bond acceptors (Lipinski definition) is 3. The number of carbonyl (C=O) groups excluding carboxylic acids is 1. The van der Waals surface area contributed by atoms with Crippen LogP contribution in [-0.2, 0) is 17.9 Å². The Bertz CT molecular complexity index is 498. The van der Waals surface area contributed by atoms with Gasteiger partial charge in [-0.1, -0.05) is 44.5 Å². The zero-order chi connectivity index (χ0) is 16.8. The van der Waals surface area contributed by atoms with Gasteiger partial charge in [0.1, 0.15) is 0 Å². The van der Waals surface area contributed by atoms with Crippen LogP contribution in [0.2, 0.25) is 0 Å². The molecule has 1 aromatic rings. The number of hydrogen-bond donors (Lipinski definition) is 2. The lowest BCUT2D eigenvalue weighted by Gasteiger charge is -2.33. The van der Waals surface area contributed by atoms with Gasteiger partial charge in [0.2, 0.25) is 5.91 Å². The zero-order valence-electron chi connectivity index (χ0n) is 14.7. The molecular formula is C19H31N3O. The molecule has 4 heteroatoms. The number of rotatable bonds is 6. The normalized spacial score (nSPS) is 20.5. The average molecular weight is 317 g/mol. The number of nitrogens with one attached hydrogen (secondary N) is 1. The summed E-state index contributed by atoms with van der Waals surface area (Å²) < 4.78 is 0. The van der Waals surface area contributed by atoms with E-state index in [0.717, 1.165) is 12.1 Å². The van der Waals surface area contributed by atoms with Crippen LogP contribution in [0.25, 0.3) is 0 Å². The fourth-order valence-electron chi connectivity index (χ4n) is 3.00. The highest BCUT2D eigenvalue weighted by Gasteiger charge is 2.18. The molecule has 1 heterocycles. The quantitative estimate of drug-likeness (QED) is 0.848. The fraction of sp³-hybridized carbons (Fsp3) is 0.632. The van der Waals surface area contributed by atoms with E-state index in [1.54, 1.807) is 0 Å². The molecule has 1 aliphatic heterocycles. The minimum atomic E-state index is -0.435. The number of nitrogens with zero attached hydrogens (tertiary/aromatic N) is 1. The maximum absolute atomic E-state index is 11.9. The maximum atomic E-state index is 11.9. The van der Waals surface area contributed by atoms with Crippen molar-refractivity contribution < 1.29 is 4.79 Å². The van der Waals surface area contributed by atoms with Crippen molar-refractivity contribution >= 4 is 5.91 Å². The summed E-state index contributed by atoms with van der Waals surface area (Å²) in [6.07, 6.45) is 3.97. The first-order valence-electron chi connectivity index (χ1n) is 8.82. The summed E-state index contributed by atoms with van der Waals surface area (Å²) in [4.78, 5) is 14.4. The molecule has 0 saturated carbocycles. The van der Waals surface area contributed by atoms with Crippen LogP contribution in [0.15, 0.2) is 24.3 Å². The van der Waals surface area contributed by atoms with Crippen molar-refractivity contribution in [3.8, 4) is 0 Å². The van der Waals surface area contributed by atoms with E-state index in [1.165, 1.54) is 31.4 Å². The van der Waals surface area contributed by atoms with Crippen molar-refractivity contribution in [2.75, 3.05) is 6.54 Å². The van der Waals surface area contributed by atoms with Crippen LogP contribution in [0.1, 0.15) is 51.2 Å². The minimum Gasteiger partial charge on any atom is -0.351 e. The Morgan fingerprint density at radius 1 is 1.26 bits per heavy atom. The van der Waals surface area contributed by atoms with Crippen molar-refractivity contribution in [2.24, 2.45) is 11.7 Å². The second-order valence-electron chi connectivity index (χ2n) is 7.12. The molecule has 1 amide bonds. The Morgan fingerprint density at radius 3 is 2.52 bits per heavy atom. The average Bonchev–Trinajstić information content (AvgIpc) is 2.55. The first kappa shape index (κ1) is 18.0. The lowest BCUT2D eigenvalue weighted by atomic mass is 10.0. The third-order valence-electron chi connectivity index (χ3n) is 4.84. The Hall–Kier alpha value is -1.39. The van der Waals surface area contributed by atoms with Gasteiger partial charge in [-0.15, -0.1) is 0 Å². The topological polar surface area (TPSA) is 58.4 Å². The van der Waals surface area contributed by atoms with Gasteiger partial charge in [0.15, 0.2) is 0 Å². The van der Waals surface area contributed by atoms with Gasteiger partial charge in [0.25, 0.3) is 0 Å². The number of amides is 1. The number of carbonyl (C=O) groups is 1. The molecule has 2 rings (SSSR count). The second kappa shape index (κ2) is 8.46.